The fourth-order valence-corrected chi connectivity index (χ4v) is 17.6. The van der Waals surface area contributed by atoms with Gasteiger partial charge in [0.2, 0.25) is 0 Å². The van der Waals surface area contributed by atoms with E-state index in [1.54, 1.807) is 7.11 Å². The summed E-state index contributed by atoms with van der Waals surface area (Å²) in [4.78, 5) is 44.9. The largest absolute Gasteiger partial charge is 2.00 e. The van der Waals surface area contributed by atoms with Gasteiger partial charge in [-0.2, -0.15) is 0 Å². The second-order valence-electron chi connectivity index (χ2n) is 32.0. The van der Waals surface area contributed by atoms with Gasteiger partial charge in [-0.3, -0.25) is 0 Å². The molecular formula is C111H92N8O3Zn2. The number of ether oxygens (including phenoxy) is 3. The van der Waals surface area contributed by atoms with Gasteiger partial charge >= 0.3 is 39.0 Å². The van der Waals surface area contributed by atoms with Gasteiger partial charge in [0.15, 0.2) is 0 Å². The predicted molar refractivity (Wildman–Crippen MR) is 505 cm³/mol. The Balaban J connectivity index is 0.00000568. The van der Waals surface area contributed by atoms with E-state index in [4.69, 9.17) is 60.5 Å². The molecule has 0 unspecified atom stereocenters. The van der Waals surface area contributed by atoms with Crippen molar-refractivity contribution in [1.82, 2.24) is 39.9 Å². The van der Waals surface area contributed by atoms with Crippen LogP contribution in [0.4, 0.5) is 0 Å². The number of methoxy groups -OCH3 is 1. The molecule has 14 aromatic rings. The van der Waals surface area contributed by atoms with Crippen LogP contribution in [0.3, 0.4) is 0 Å². The van der Waals surface area contributed by atoms with E-state index in [2.05, 4.69) is 316 Å². The van der Waals surface area contributed by atoms with Crippen LogP contribution >= 0.6 is 0 Å². The zero-order valence-electron chi connectivity index (χ0n) is 71.8. The fourth-order valence-electron chi connectivity index (χ4n) is 17.6. The summed E-state index contributed by atoms with van der Waals surface area (Å²) in [5.74, 6) is 12.3. The van der Waals surface area contributed by atoms with E-state index in [0.717, 1.165) is 261 Å². The van der Waals surface area contributed by atoms with Crippen LogP contribution in [0.1, 0.15) is 161 Å². The van der Waals surface area contributed by atoms with Crippen molar-refractivity contribution < 1.29 is 53.2 Å². The summed E-state index contributed by atoms with van der Waals surface area (Å²) in [5.41, 5.74) is 36.8. The third-order valence-corrected chi connectivity index (χ3v) is 23.3. The van der Waals surface area contributed by atoms with Gasteiger partial charge in [-0.15, -0.1) is 50.6 Å². The van der Waals surface area contributed by atoms with Gasteiger partial charge < -0.3 is 34.1 Å². The second-order valence-corrected chi connectivity index (χ2v) is 32.0. The molecule has 0 saturated heterocycles. The van der Waals surface area contributed by atoms with Crippen molar-refractivity contribution in [1.29, 1.82) is 0 Å². The Hall–Kier alpha value is -13.3. The molecule has 0 radical (unpaired) electrons. The third kappa shape index (κ3) is 17.3. The molecule has 11 nitrogen and oxygen atoms in total. The van der Waals surface area contributed by atoms with Gasteiger partial charge in [0.05, 0.1) is 65.9 Å². The van der Waals surface area contributed by atoms with Crippen molar-refractivity contribution in [2.24, 2.45) is 0 Å². The minimum absolute atomic E-state index is 0. The molecule has 18 rings (SSSR count). The van der Waals surface area contributed by atoms with Crippen LogP contribution in [-0.2, 0) is 39.0 Å². The maximum atomic E-state index is 6.31. The average molecular weight is 1720 g/mol. The van der Waals surface area contributed by atoms with E-state index in [0.29, 0.717) is 13.2 Å². The van der Waals surface area contributed by atoms with Crippen molar-refractivity contribution in [3.8, 4) is 130 Å². The number of hydrogen-bond donors (Lipinski definition) is 0. The number of unbranched alkanes of at least 4 members (excludes halogenated alkanes) is 6. The first-order chi connectivity index (χ1) is 59.7. The first kappa shape index (κ1) is 84.3. The summed E-state index contributed by atoms with van der Waals surface area (Å²) in [7, 11) is 1.69. The summed E-state index contributed by atoms with van der Waals surface area (Å²) in [6, 6.07) is 75.7. The number of benzene rings is 8. The standard InChI is InChI=1S/C111H92N8O3.2Zn/c1-11-14-16-18-62-121-84-42-36-81(37-43-84)108-90-49-46-86(112-90)104(77-28-22-74(13-3)23-29-77)94-54-58-98(116-94)110(102-70(6)64-68(4)65-71(102)7)99-59-55-95(117-99)105(87-47-50-91(108)113-87)78-30-24-75(25-31-78)20-21-76-26-32-79(33-27-76)106-88-48-51-92(114-88)109(82-38-44-85(45-39-82)122-63-19-17-15-12-2)93-53-52-89(115-93)107(80-34-40-83(120-10)41-35-80)97-57-61-101(119-97)111(100-60-56-96(106)118-100)103-72(8)66-69(5)67-73(103)9;;/h3,22-61,64-67H,11-12,14-19,62-63H2,1-2,4-10H3;;/q-4;2*+2. The van der Waals surface area contributed by atoms with E-state index in [1.807, 2.05) is 24.3 Å². The van der Waals surface area contributed by atoms with Crippen LogP contribution in [0.2, 0.25) is 0 Å². The van der Waals surface area contributed by atoms with Crippen molar-refractivity contribution in [2.45, 2.75) is 107 Å². The SMILES string of the molecule is C#Cc1ccc(-c2c3nc(c(-c4ccc(OCCCCCC)cc4)c4ccc([n-]4)c(-c4ccc(C#Cc5ccc(-c6c7nc(c(-c8ccc(OCCCCCC)cc8)c8ccc([n-]8)c(-c8ccc(OC)cc8)c8nc(c(-c9c(C)cc(C)cc9C)c9ccc6[n-]9)C=C8)C=C7)cc5)cc4)c4nc(c(-c5c(C)cc(C)cc5C)c5ccc2[n-]5)C=C4)C=C3)cc1.[Zn+2].[Zn+2]. The molecule has 10 heterocycles. The van der Waals surface area contributed by atoms with Crippen molar-refractivity contribution in [2.75, 3.05) is 20.3 Å². The maximum Gasteiger partial charge on any atom is 2.00 e. The molecule has 0 fully saturated rings. The topological polar surface area (TPSA) is 136 Å². The molecule has 0 spiro atoms. The van der Waals surface area contributed by atoms with E-state index in [1.165, 1.54) is 36.8 Å². The van der Waals surface area contributed by atoms with Crippen molar-refractivity contribution >= 4 is 92.7 Å². The quantitative estimate of drug-likeness (QED) is 0.0386. The molecular weight excluding hydrogens is 1620 g/mol. The van der Waals surface area contributed by atoms with Crippen molar-refractivity contribution in [3.05, 3.63) is 314 Å². The van der Waals surface area contributed by atoms with Crippen LogP contribution in [0.5, 0.6) is 17.2 Å². The van der Waals surface area contributed by atoms with Gasteiger partial charge in [-0.1, -0.05) is 227 Å². The molecule has 4 aliphatic rings. The molecule has 6 aromatic heterocycles. The van der Waals surface area contributed by atoms with E-state index >= 15 is 0 Å². The first-order valence-electron chi connectivity index (χ1n) is 42.4. The minimum Gasteiger partial charge on any atom is -0.657 e. The number of fused-ring (bicyclic) bond motifs is 16. The normalized spacial score (nSPS) is 11.7. The van der Waals surface area contributed by atoms with E-state index in [-0.39, 0.29) is 39.0 Å². The zero-order chi connectivity index (χ0) is 83.5. The second kappa shape index (κ2) is 37.2. The maximum absolute atomic E-state index is 6.31. The van der Waals surface area contributed by atoms with E-state index in [9.17, 15) is 0 Å². The third-order valence-electron chi connectivity index (χ3n) is 23.3. The van der Waals surface area contributed by atoms with Crippen LogP contribution in [0.25, 0.3) is 182 Å². The molecule has 0 atom stereocenters. The Morgan fingerprint density at radius 1 is 0.274 bits per heavy atom. The molecule has 0 amide bonds. The van der Waals surface area contributed by atoms with Gasteiger partial charge in [-0.25, -0.2) is 19.9 Å². The Kier molecular flexibility index (Phi) is 25.3. The number of terminal acetylenes is 1. The minimum atomic E-state index is 0. The number of hydrogen-bond acceptors (Lipinski definition) is 7. The molecule has 598 valence electrons. The molecule has 13 heteroatoms. The molecule has 16 bridgehead atoms. The zero-order valence-corrected chi connectivity index (χ0v) is 77.7. The smallest absolute Gasteiger partial charge is 0.657 e. The number of rotatable bonds is 21. The molecule has 4 aliphatic heterocycles. The molecule has 0 N–H and O–H groups in total. The van der Waals surface area contributed by atoms with Gasteiger partial charge in [0.25, 0.3) is 0 Å². The Bertz CT molecular complexity index is 6990. The predicted octanol–water partition coefficient (Wildman–Crippen LogP) is 26.6. The van der Waals surface area contributed by atoms with Crippen LogP contribution < -0.4 is 34.1 Å². The van der Waals surface area contributed by atoms with E-state index < -0.39 is 0 Å². The average Bonchev–Trinajstić information content (AvgIpc) is 1.58. The van der Waals surface area contributed by atoms with Gasteiger partial charge in [0.1, 0.15) is 17.2 Å². The Morgan fingerprint density at radius 3 is 0.758 bits per heavy atom. The summed E-state index contributed by atoms with van der Waals surface area (Å²) in [6.07, 6.45) is 31.9. The number of aromatic nitrogens is 8. The van der Waals surface area contributed by atoms with Crippen molar-refractivity contribution in [3.63, 3.8) is 0 Å². The summed E-state index contributed by atoms with van der Waals surface area (Å²) in [6.45, 7) is 18.8. The van der Waals surface area contributed by atoms with Gasteiger partial charge in [0, 0.05) is 16.7 Å². The summed E-state index contributed by atoms with van der Waals surface area (Å²) in [5, 5.41) is 0. The molecule has 0 aliphatic carbocycles. The summed E-state index contributed by atoms with van der Waals surface area (Å²) >= 11 is 0. The molecule has 124 heavy (non-hydrogen) atoms. The monoisotopic (exact) mass is 1710 g/mol. The molecule has 8 aromatic carbocycles. The number of aryl methyl sites for hydroxylation is 6. The van der Waals surface area contributed by atoms with Crippen LogP contribution in [0, 0.1) is 65.7 Å². The number of nitrogens with zero attached hydrogens (tertiary/aromatic N) is 8. The molecule has 0 saturated carbocycles. The van der Waals surface area contributed by atoms with Gasteiger partial charge in [-0.05, 0) is 287 Å². The Morgan fingerprint density at radius 2 is 0.508 bits per heavy atom. The summed E-state index contributed by atoms with van der Waals surface area (Å²) < 4.78 is 18.3. The Labute approximate surface area is 751 Å². The first-order valence-corrected chi connectivity index (χ1v) is 42.4. The van der Waals surface area contributed by atoms with Crippen LogP contribution in [0.15, 0.2) is 218 Å². The fraction of sp³-hybridized carbons (Fsp3) is 0.171. The van der Waals surface area contributed by atoms with Crippen LogP contribution in [-0.4, -0.2) is 40.3 Å².